The zero-order chi connectivity index (χ0) is 11.8. The number of amidine groups is 1. The normalized spacial score (nSPS) is 29.4. The van der Waals surface area contributed by atoms with E-state index in [1.807, 2.05) is 0 Å². The van der Waals surface area contributed by atoms with Gasteiger partial charge in [0.05, 0.1) is 6.54 Å². The van der Waals surface area contributed by atoms with Gasteiger partial charge in [-0.15, -0.1) is 0 Å². The lowest BCUT2D eigenvalue weighted by Crippen LogP contribution is -2.46. The average Bonchev–Trinajstić information content (AvgIpc) is 2.24. The van der Waals surface area contributed by atoms with Gasteiger partial charge in [-0.1, -0.05) is 18.2 Å². The molecule has 1 aliphatic rings. The van der Waals surface area contributed by atoms with E-state index < -0.39 is 17.6 Å². The van der Waals surface area contributed by atoms with E-state index in [1.54, 1.807) is 6.07 Å². The maximum absolute atomic E-state index is 13.8. The highest BCUT2D eigenvalue weighted by Crippen LogP contribution is 2.35. The monoisotopic (exact) mass is 226 g/mol. The van der Waals surface area contributed by atoms with Crippen LogP contribution >= 0.6 is 0 Å². The Balaban J connectivity index is 2.46. The van der Waals surface area contributed by atoms with Gasteiger partial charge in [0.1, 0.15) is 5.82 Å². The van der Waals surface area contributed by atoms with Crippen molar-refractivity contribution in [2.75, 3.05) is 6.54 Å². The molecule has 5 heteroatoms. The molecule has 16 heavy (non-hydrogen) atoms. The molecule has 0 radical (unpaired) electrons. The number of halogens is 2. The Kier molecular flexibility index (Phi) is 2.53. The van der Waals surface area contributed by atoms with Gasteiger partial charge in [0.25, 0.3) is 6.02 Å². The molecule has 0 spiro atoms. The number of rotatable bonds is 1. The van der Waals surface area contributed by atoms with E-state index in [4.69, 9.17) is 10.5 Å². The number of ether oxygens (including phenoxy) is 1. The number of hydrogen-bond acceptors (Lipinski definition) is 3. The molecule has 0 saturated carbocycles. The summed E-state index contributed by atoms with van der Waals surface area (Å²) in [5, 5.41) is 0. The maximum atomic E-state index is 13.8. The van der Waals surface area contributed by atoms with Crippen molar-refractivity contribution in [3.63, 3.8) is 0 Å². The molecular formula is C11H12F2N2O. The van der Waals surface area contributed by atoms with Crippen LogP contribution in [0.4, 0.5) is 8.78 Å². The Morgan fingerprint density at radius 1 is 1.50 bits per heavy atom. The van der Waals surface area contributed by atoms with Gasteiger partial charge in [0.2, 0.25) is 0 Å². The molecule has 3 nitrogen and oxygen atoms in total. The van der Waals surface area contributed by atoms with Gasteiger partial charge in [-0.3, -0.25) is 0 Å². The summed E-state index contributed by atoms with van der Waals surface area (Å²) in [6.07, 6.45) is -1.42. The van der Waals surface area contributed by atoms with E-state index in [9.17, 15) is 8.78 Å². The Morgan fingerprint density at radius 2 is 2.19 bits per heavy atom. The van der Waals surface area contributed by atoms with Crippen LogP contribution in [0.2, 0.25) is 0 Å². The Labute approximate surface area is 91.9 Å². The quantitative estimate of drug-likeness (QED) is 0.792. The second-order valence-electron chi connectivity index (χ2n) is 3.84. The van der Waals surface area contributed by atoms with Gasteiger partial charge in [0.15, 0.2) is 11.8 Å². The lowest BCUT2D eigenvalue weighted by Gasteiger charge is -2.35. The van der Waals surface area contributed by atoms with Crippen molar-refractivity contribution in [1.82, 2.24) is 0 Å². The molecule has 2 rings (SSSR count). The van der Waals surface area contributed by atoms with Crippen molar-refractivity contribution in [2.24, 2.45) is 10.7 Å². The van der Waals surface area contributed by atoms with Gasteiger partial charge in [-0.05, 0) is 13.0 Å². The summed E-state index contributed by atoms with van der Waals surface area (Å²) in [5.74, 6) is -0.512. The van der Waals surface area contributed by atoms with E-state index in [0.717, 1.165) is 0 Å². The molecule has 2 atom stereocenters. The SMILES string of the molecule is C[C@]1(c2ccccc2F)OC(N)=NC[C@H]1F. The van der Waals surface area contributed by atoms with E-state index in [0.29, 0.717) is 0 Å². The Morgan fingerprint density at radius 3 is 2.88 bits per heavy atom. The topological polar surface area (TPSA) is 47.6 Å². The van der Waals surface area contributed by atoms with Gasteiger partial charge in [0, 0.05) is 5.56 Å². The molecule has 1 aromatic rings. The summed E-state index contributed by atoms with van der Waals surface area (Å²) in [7, 11) is 0. The van der Waals surface area contributed by atoms with Crippen molar-refractivity contribution in [3.05, 3.63) is 35.6 Å². The highest BCUT2D eigenvalue weighted by Gasteiger charge is 2.43. The van der Waals surface area contributed by atoms with Crippen molar-refractivity contribution in [2.45, 2.75) is 18.7 Å². The van der Waals surface area contributed by atoms with Crippen molar-refractivity contribution < 1.29 is 13.5 Å². The molecule has 0 fully saturated rings. The van der Waals surface area contributed by atoms with Crippen LogP contribution in [0, 0.1) is 5.82 Å². The zero-order valence-corrected chi connectivity index (χ0v) is 8.78. The molecule has 0 amide bonds. The van der Waals surface area contributed by atoms with Gasteiger partial charge >= 0.3 is 0 Å². The lowest BCUT2D eigenvalue weighted by atomic mass is 9.89. The van der Waals surface area contributed by atoms with E-state index in [1.165, 1.54) is 25.1 Å². The minimum absolute atomic E-state index is 0.111. The van der Waals surface area contributed by atoms with Gasteiger partial charge in [-0.2, -0.15) is 0 Å². The molecule has 1 heterocycles. The van der Waals surface area contributed by atoms with Crippen LogP contribution < -0.4 is 5.73 Å². The largest absolute Gasteiger partial charge is 0.451 e. The number of nitrogens with two attached hydrogens (primary N) is 1. The summed E-state index contributed by atoms with van der Waals surface area (Å²) < 4.78 is 32.6. The molecular weight excluding hydrogens is 214 g/mol. The first-order valence-corrected chi connectivity index (χ1v) is 4.92. The molecule has 0 bridgehead atoms. The number of aliphatic imine (C=N–C) groups is 1. The third kappa shape index (κ3) is 1.62. The molecule has 2 N–H and O–H groups in total. The molecule has 0 saturated heterocycles. The van der Waals surface area contributed by atoms with E-state index in [-0.39, 0.29) is 18.1 Å². The van der Waals surface area contributed by atoms with Crippen LogP contribution in [0.25, 0.3) is 0 Å². The fraction of sp³-hybridized carbons (Fsp3) is 0.364. The average molecular weight is 226 g/mol. The zero-order valence-electron chi connectivity index (χ0n) is 8.78. The summed E-state index contributed by atoms with van der Waals surface area (Å²) in [5.41, 5.74) is 4.15. The summed E-state index contributed by atoms with van der Waals surface area (Å²) >= 11 is 0. The standard InChI is InChI=1S/C11H12F2N2O/c1-11(7-4-2-3-5-8(7)12)9(13)6-15-10(14)16-11/h2-5,9H,6H2,1H3,(H2,14,15)/t9-,11-/m1/s1. The second-order valence-corrected chi connectivity index (χ2v) is 3.84. The molecule has 1 aliphatic heterocycles. The third-order valence-electron chi connectivity index (χ3n) is 2.73. The van der Waals surface area contributed by atoms with Gasteiger partial charge in [-0.25, -0.2) is 13.8 Å². The van der Waals surface area contributed by atoms with Crippen LogP contribution in [-0.4, -0.2) is 18.7 Å². The molecule has 86 valence electrons. The second kappa shape index (κ2) is 3.73. The highest BCUT2D eigenvalue weighted by molar-refractivity contribution is 5.73. The van der Waals surface area contributed by atoms with Crippen molar-refractivity contribution in [3.8, 4) is 0 Å². The molecule has 0 aromatic heterocycles. The summed E-state index contributed by atoms with van der Waals surface area (Å²) in [6.45, 7) is 1.36. The number of benzene rings is 1. The summed E-state index contributed by atoms with van der Waals surface area (Å²) in [4.78, 5) is 3.64. The smallest absolute Gasteiger partial charge is 0.283 e. The first-order chi connectivity index (χ1) is 7.54. The van der Waals surface area contributed by atoms with Crippen LogP contribution in [0.1, 0.15) is 12.5 Å². The maximum Gasteiger partial charge on any atom is 0.283 e. The first-order valence-electron chi connectivity index (χ1n) is 4.92. The minimum Gasteiger partial charge on any atom is -0.451 e. The van der Waals surface area contributed by atoms with Crippen LogP contribution in [0.15, 0.2) is 29.3 Å². The van der Waals surface area contributed by atoms with E-state index in [2.05, 4.69) is 4.99 Å². The van der Waals surface area contributed by atoms with Crippen LogP contribution in [-0.2, 0) is 10.3 Å². The third-order valence-corrected chi connectivity index (χ3v) is 2.73. The predicted octanol–water partition coefficient (Wildman–Crippen LogP) is 1.72. The fourth-order valence-electron chi connectivity index (χ4n) is 1.75. The van der Waals surface area contributed by atoms with Crippen molar-refractivity contribution >= 4 is 6.02 Å². The Hall–Kier alpha value is -1.65. The highest BCUT2D eigenvalue weighted by atomic mass is 19.1. The molecule has 0 aliphatic carbocycles. The van der Waals surface area contributed by atoms with E-state index >= 15 is 0 Å². The number of nitrogens with zero attached hydrogens (tertiary/aromatic N) is 1. The lowest BCUT2D eigenvalue weighted by molar-refractivity contribution is -0.0232. The first kappa shape index (κ1) is 10.9. The number of alkyl halides is 1. The predicted molar refractivity (Wildman–Crippen MR) is 56.2 cm³/mol. The summed E-state index contributed by atoms with van der Waals surface area (Å²) in [6, 6.07) is 5.80. The number of hydrogen-bond donors (Lipinski definition) is 1. The molecule has 0 unspecified atom stereocenters. The van der Waals surface area contributed by atoms with Gasteiger partial charge < -0.3 is 10.5 Å². The minimum atomic E-state index is -1.42. The Bertz CT molecular complexity index is 436. The van der Waals surface area contributed by atoms with Crippen molar-refractivity contribution in [1.29, 1.82) is 0 Å². The van der Waals surface area contributed by atoms with Crippen LogP contribution in [0.5, 0.6) is 0 Å². The molecule has 1 aromatic carbocycles. The van der Waals surface area contributed by atoms with Crippen LogP contribution in [0.3, 0.4) is 0 Å². The fourth-order valence-corrected chi connectivity index (χ4v) is 1.75.